The van der Waals surface area contributed by atoms with Gasteiger partial charge in [0.1, 0.15) is 11.6 Å². The lowest BCUT2D eigenvalue weighted by molar-refractivity contribution is 0.118. The summed E-state index contributed by atoms with van der Waals surface area (Å²) in [5.74, 6) is 2.46. The lowest BCUT2D eigenvalue weighted by Crippen LogP contribution is -2.49. The van der Waals surface area contributed by atoms with Crippen molar-refractivity contribution >= 4 is 11.8 Å². The number of carbonyl (C=O) groups is 1. The second-order valence-electron chi connectivity index (χ2n) is 7.42. The van der Waals surface area contributed by atoms with Crippen LogP contribution in [0.5, 0.6) is 0 Å². The normalized spacial score (nSPS) is 26.1. The van der Waals surface area contributed by atoms with Gasteiger partial charge in [0.05, 0.1) is 12.3 Å². The van der Waals surface area contributed by atoms with Gasteiger partial charge in [-0.15, -0.1) is 0 Å². The van der Waals surface area contributed by atoms with E-state index in [0.717, 1.165) is 50.5 Å². The van der Waals surface area contributed by atoms with Gasteiger partial charge >= 0.3 is 6.03 Å². The number of nitrogens with zero attached hydrogens (tertiary/aromatic N) is 3. The number of piperidine rings is 1. The van der Waals surface area contributed by atoms with Gasteiger partial charge in [-0.3, -0.25) is 0 Å². The van der Waals surface area contributed by atoms with Gasteiger partial charge in [-0.1, -0.05) is 13.0 Å². The zero-order valence-electron chi connectivity index (χ0n) is 15.2. The first-order valence-electron chi connectivity index (χ1n) is 9.47. The number of furan rings is 1. The van der Waals surface area contributed by atoms with Gasteiger partial charge in [0, 0.05) is 31.9 Å². The van der Waals surface area contributed by atoms with Gasteiger partial charge in [0.2, 0.25) is 0 Å². The summed E-state index contributed by atoms with van der Waals surface area (Å²) in [6.45, 7) is 4.74. The van der Waals surface area contributed by atoms with E-state index in [-0.39, 0.29) is 18.1 Å². The third-order valence-corrected chi connectivity index (χ3v) is 5.49. The molecule has 4 rings (SSSR count). The average Bonchev–Trinajstić information content (AvgIpc) is 3.34. The third kappa shape index (κ3) is 3.54. The molecule has 2 aliphatic heterocycles. The highest BCUT2D eigenvalue weighted by molar-refractivity contribution is 5.75. The van der Waals surface area contributed by atoms with Gasteiger partial charge in [-0.2, -0.15) is 0 Å². The second kappa shape index (κ2) is 7.40. The minimum atomic E-state index is 0.0196. The quantitative estimate of drug-likeness (QED) is 0.917. The third-order valence-electron chi connectivity index (χ3n) is 5.49. The fourth-order valence-electron chi connectivity index (χ4n) is 4.02. The number of nitrogens with one attached hydrogen (secondary N) is 1. The molecule has 2 aliphatic rings. The van der Waals surface area contributed by atoms with Crippen LogP contribution in [0, 0.1) is 5.92 Å². The van der Waals surface area contributed by atoms with E-state index >= 15 is 0 Å². The van der Waals surface area contributed by atoms with Crippen molar-refractivity contribution in [1.82, 2.24) is 15.2 Å². The number of carbonyl (C=O) groups excluding carboxylic acids is 1. The summed E-state index contributed by atoms with van der Waals surface area (Å²) in [6.07, 6.45) is 6.43. The Kier molecular flexibility index (Phi) is 4.82. The standard InChI is InChI=1S/C20H26N4O2/c1-15-7-11-24(17(13-15)18-5-4-12-26-18)20(25)22-16-8-10-23(14-16)19-6-2-3-9-21-19/h2-6,9,12,15-17H,7-8,10-11,13-14H2,1H3,(H,22,25). The summed E-state index contributed by atoms with van der Waals surface area (Å²) in [5.41, 5.74) is 0. The molecule has 2 saturated heterocycles. The Morgan fingerprint density at radius 3 is 2.92 bits per heavy atom. The van der Waals surface area contributed by atoms with Crippen LogP contribution in [-0.4, -0.2) is 41.6 Å². The smallest absolute Gasteiger partial charge is 0.318 e. The maximum absolute atomic E-state index is 12.9. The van der Waals surface area contributed by atoms with Crippen molar-refractivity contribution in [1.29, 1.82) is 0 Å². The number of pyridine rings is 1. The number of aromatic nitrogens is 1. The zero-order valence-corrected chi connectivity index (χ0v) is 15.2. The van der Waals surface area contributed by atoms with E-state index in [1.165, 1.54) is 0 Å². The van der Waals surface area contributed by atoms with Gasteiger partial charge in [0.25, 0.3) is 0 Å². The number of rotatable bonds is 3. The Bertz CT molecular complexity index is 719. The van der Waals surface area contributed by atoms with Crippen LogP contribution in [0.1, 0.15) is 38.0 Å². The Labute approximate surface area is 154 Å². The molecule has 0 saturated carbocycles. The van der Waals surface area contributed by atoms with Crippen molar-refractivity contribution in [2.75, 3.05) is 24.5 Å². The van der Waals surface area contributed by atoms with E-state index in [9.17, 15) is 4.79 Å². The lowest BCUT2D eigenvalue weighted by Gasteiger charge is -2.38. The highest BCUT2D eigenvalue weighted by atomic mass is 16.3. The van der Waals surface area contributed by atoms with Crippen LogP contribution in [-0.2, 0) is 0 Å². The molecule has 0 radical (unpaired) electrons. The van der Waals surface area contributed by atoms with Crippen LogP contribution < -0.4 is 10.2 Å². The first kappa shape index (κ1) is 16.9. The summed E-state index contributed by atoms with van der Waals surface area (Å²) in [5, 5.41) is 3.23. The molecule has 0 bridgehead atoms. The maximum Gasteiger partial charge on any atom is 0.318 e. The molecule has 26 heavy (non-hydrogen) atoms. The van der Waals surface area contributed by atoms with Crippen LogP contribution in [0.15, 0.2) is 47.2 Å². The predicted molar refractivity (Wildman–Crippen MR) is 99.9 cm³/mol. The molecular formula is C20H26N4O2. The summed E-state index contributed by atoms with van der Waals surface area (Å²) in [4.78, 5) is 21.5. The van der Waals surface area contributed by atoms with Crippen molar-refractivity contribution in [3.8, 4) is 0 Å². The molecular weight excluding hydrogens is 328 g/mol. The first-order chi connectivity index (χ1) is 12.7. The molecule has 138 valence electrons. The van der Waals surface area contributed by atoms with Crippen LogP contribution in [0.25, 0.3) is 0 Å². The topological polar surface area (TPSA) is 61.6 Å². The van der Waals surface area contributed by atoms with E-state index in [0.29, 0.717) is 5.92 Å². The van der Waals surface area contributed by atoms with Crippen molar-refractivity contribution in [2.24, 2.45) is 5.92 Å². The first-order valence-corrected chi connectivity index (χ1v) is 9.47. The highest BCUT2D eigenvalue weighted by Gasteiger charge is 2.34. The second-order valence-corrected chi connectivity index (χ2v) is 7.42. The molecule has 2 fully saturated rings. The van der Waals surface area contributed by atoms with E-state index in [1.54, 1.807) is 6.26 Å². The zero-order chi connectivity index (χ0) is 17.9. The van der Waals surface area contributed by atoms with Crippen LogP contribution >= 0.6 is 0 Å². The lowest BCUT2D eigenvalue weighted by atomic mass is 9.91. The molecule has 3 atom stereocenters. The van der Waals surface area contributed by atoms with E-state index in [4.69, 9.17) is 4.42 Å². The Hall–Kier alpha value is -2.50. The number of urea groups is 1. The molecule has 0 aromatic carbocycles. The average molecular weight is 354 g/mol. The maximum atomic E-state index is 12.9. The SMILES string of the molecule is CC1CCN(C(=O)NC2CCN(c3ccccn3)C2)C(c2ccco2)C1. The molecule has 0 spiro atoms. The Morgan fingerprint density at radius 2 is 2.15 bits per heavy atom. The molecule has 4 heterocycles. The number of likely N-dealkylation sites (tertiary alicyclic amines) is 1. The fraction of sp³-hybridized carbons (Fsp3) is 0.500. The minimum Gasteiger partial charge on any atom is -0.467 e. The Balaban J connectivity index is 1.39. The summed E-state index contributed by atoms with van der Waals surface area (Å²) in [7, 11) is 0. The van der Waals surface area contributed by atoms with Crippen LogP contribution in [0.2, 0.25) is 0 Å². The number of amides is 2. The van der Waals surface area contributed by atoms with E-state index < -0.39 is 0 Å². The predicted octanol–water partition coefficient (Wildman–Crippen LogP) is 3.44. The highest BCUT2D eigenvalue weighted by Crippen LogP contribution is 2.34. The van der Waals surface area contributed by atoms with Crippen molar-refractivity contribution in [2.45, 2.75) is 38.3 Å². The number of hydrogen-bond donors (Lipinski definition) is 1. The molecule has 6 nitrogen and oxygen atoms in total. The molecule has 1 N–H and O–H groups in total. The van der Waals surface area contributed by atoms with Crippen LogP contribution in [0.4, 0.5) is 10.6 Å². The fourth-order valence-corrected chi connectivity index (χ4v) is 4.02. The molecule has 6 heteroatoms. The molecule has 2 amide bonds. The van der Waals surface area contributed by atoms with Gasteiger partial charge in [-0.25, -0.2) is 9.78 Å². The monoisotopic (exact) mass is 354 g/mol. The van der Waals surface area contributed by atoms with E-state index in [2.05, 4.69) is 22.1 Å². The molecule has 2 aromatic rings. The van der Waals surface area contributed by atoms with E-state index in [1.807, 2.05) is 41.4 Å². The largest absolute Gasteiger partial charge is 0.467 e. The molecule has 0 aliphatic carbocycles. The number of anilines is 1. The van der Waals surface area contributed by atoms with Gasteiger partial charge in [-0.05, 0) is 49.4 Å². The summed E-state index contributed by atoms with van der Waals surface area (Å²) in [6, 6.07) is 10.0. The van der Waals surface area contributed by atoms with Crippen molar-refractivity contribution < 1.29 is 9.21 Å². The number of hydrogen-bond acceptors (Lipinski definition) is 4. The molecule has 3 unspecified atom stereocenters. The van der Waals surface area contributed by atoms with Crippen molar-refractivity contribution in [3.63, 3.8) is 0 Å². The summed E-state index contributed by atoms with van der Waals surface area (Å²) >= 11 is 0. The Morgan fingerprint density at radius 1 is 1.23 bits per heavy atom. The van der Waals surface area contributed by atoms with Crippen LogP contribution in [0.3, 0.4) is 0 Å². The van der Waals surface area contributed by atoms with Gasteiger partial charge in [0.15, 0.2) is 0 Å². The summed E-state index contributed by atoms with van der Waals surface area (Å²) < 4.78 is 5.61. The minimum absolute atomic E-state index is 0.0196. The van der Waals surface area contributed by atoms with Crippen molar-refractivity contribution in [3.05, 3.63) is 48.6 Å². The van der Waals surface area contributed by atoms with Gasteiger partial charge < -0.3 is 19.5 Å². The molecule has 2 aromatic heterocycles.